The molecule has 5 rings (SSSR count). The predicted octanol–water partition coefficient (Wildman–Crippen LogP) is 4.34. The van der Waals surface area contributed by atoms with Gasteiger partial charge in [0.25, 0.3) is 0 Å². The molecule has 1 aromatic carbocycles. The largest absolute Gasteiger partial charge is 0.365 e. The SMILES string of the molecule is c1cc(-c2nnc3ccc(NCc4ccc(C5CC5)cc4)nn23)cs1. The Hall–Kier alpha value is -2.73. The number of hydrogen-bond acceptors (Lipinski definition) is 5. The first-order valence-electron chi connectivity index (χ1n) is 8.44. The molecule has 0 saturated heterocycles. The van der Waals surface area contributed by atoms with Crippen LogP contribution in [0.4, 0.5) is 5.82 Å². The quantitative estimate of drug-likeness (QED) is 0.583. The summed E-state index contributed by atoms with van der Waals surface area (Å²) in [5, 5.41) is 20.6. The van der Waals surface area contributed by atoms with Crippen LogP contribution in [0.3, 0.4) is 0 Å². The van der Waals surface area contributed by atoms with Gasteiger partial charge in [0, 0.05) is 17.5 Å². The molecule has 1 N–H and O–H groups in total. The average molecular weight is 347 g/mol. The summed E-state index contributed by atoms with van der Waals surface area (Å²) >= 11 is 1.64. The van der Waals surface area contributed by atoms with Gasteiger partial charge in [0.2, 0.25) is 0 Å². The lowest BCUT2D eigenvalue weighted by atomic mass is 10.1. The van der Waals surface area contributed by atoms with Gasteiger partial charge in [-0.25, -0.2) is 0 Å². The van der Waals surface area contributed by atoms with Gasteiger partial charge in [-0.15, -0.1) is 15.3 Å². The minimum Gasteiger partial charge on any atom is -0.365 e. The maximum absolute atomic E-state index is 4.65. The molecule has 0 amide bonds. The van der Waals surface area contributed by atoms with Crippen LogP contribution in [-0.2, 0) is 6.54 Å². The molecule has 5 nitrogen and oxygen atoms in total. The molecular weight excluding hydrogens is 330 g/mol. The molecule has 0 unspecified atom stereocenters. The van der Waals surface area contributed by atoms with Gasteiger partial charge in [0.15, 0.2) is 11.5 Å². The van der Waals surface area contributed by atoms with Crippen molar-refractivity contribution in [2.45, 2.75) is 25.3 Å². The Morgan fingerprint density at radius 1 is 1.04 bits per heavy atom. The number of nitrogens with zero attached hydrogens (tertiary/aromatic N) is 4. The van der Waals surface area contributed by atoms with Crippen molar-refractivity contribution in [3.8, 4) is 11.4 Å². The van der Waals surface area contributed by atoms with Crippen molar-refractivity contribution in [2.75, 3.05) is 5.32 Å². The van der Waals surface area contributed by atoms with Crippen molar-refractivity contribution in [1.82, 2.24) is 19.8 Å². The van der Waals surface area contributed by atoms with Crippen LogP contribution >= 0.6 is 11.3 Å². The maximum Gasteiger partial charge on any atom is 0.186 e. The van der Waals surface area contributed by atoms with Crippen LogP contribution in [0.2, 0.25) is 0 Å². The molecule has 0 aliphatic heterocycles. The van der Waals surface area contributed by atoms with E-state index in [0.29, 0.717) is 0 Å². The van der Waals surface area contributed by atoms with E-state index >= 15 is 0 Å². The fourth-order valence-corrected chi connectivity index (χ4v) is 3.61. The molecule has 0 bridgehead atoms. The average Bonchev–Trinajstić information content (AvgIpc) is 3.19. The molecule has 1 aliphatic carbocycles. The number of anilines is 1. The predicted molar refractivity (Wildman–Crippen MR) is 99.8 cm³/mol. The zero-order valence-corrected chi connectivity index (χ0v) is 14.4. The summed E-state index contributed by atoms with van der Waals surface area (Å²) in [6.07, 6.45) is 2.68. The highest BCUT2D eigenvalue weighted by Gasteiger charge is 2.22. The highest BCUT2D eigenvalue weighted by molar-refractivity contribution is 7.08. The Morgan fingerprint density at radius 3 is 2.68 bits per heavy atom. The number of thiophene rings is 1. The van der Waals surface area contributed by atoms with Crippen LogP contribution in [0.1, 0.15) is 29.9 Å². The zero-order chi connectivity index (χ0) is 16.6. The molecule has 4 aromatic rings. The van der Waals surface area contributed by atoms with Gasteiger partial charge in [-0.2, -0.15) is 15.9 Å². The molecule has 3 heterocycles. The minimum atomic E-state index is 0.749. The Balaban J connectivity index is 1.36. The third-order valence-corrected chi connectivity index (χ3v) is 5.23. The Kier molecular flexibility index (Phi) is 3.48. The molecule has 0 atom stereocenters. The fraction of sp³-hybridized carbons (Fsp3) is 0.211. The first-order valence-corrected chi connectivity index (χ1v) is 9.39. The third-order valence-electron chi connectivity index (χ3n) is 4.54. The molecule has 1 saturated carbocycles. The van der Waals surface area contributed by atoms with E-state index in [2.05, 4.69) is 50.3 Å². The normalized spacial score (nSPS) is 14.1. The van der Waals surface area contributed by atoms with E-state index in [1.807, 2.05) is 23.6 Å². The van der Waals surface area contributed by atoms with Crippen LogP contribution in [-0.4, -0.2) is 19.8 Å². The van der Waals surface area contributed by atoms with E-state index in [1.165, 1.54) is 24.0 Å². The molecule has 0 spiro atoms. The second kappa shape index (κ2) is 5.97. The van der Waals surface area contributed by atoms with E-state index in [4.69, 9.17) is 0 Å². The van der Waals surface area contributed by atoms with E-state index < -0.39 is 0 Å². The minimum absolute atomic E-state index is 0.749. The Labute approximate surface area is 149 Å². The highest BCUT2D eigenvalue weighted by atomic mass is 32.1. The van der Waals surface area contributed by atoms with E-state index in [1.54, 1.807) is 15.9 Å². The lowest BCUT2D eigenvalue weighted by molar-refractivity contribution is 0.925. The lowest BCUT2D eigenvalue weighted by Crippen LogP contribution is -2.04. The Bertz CT molecular complexity index is 1000. The summed E-state index contributed by atoms with van der Waals surface area (Å²) < 4.78 is 1.79. The van der Waals surface area contributed by atoms with E-state index in [0.717, 1.165) is 35.3 Å². The maximum atomic E-state index is 4.65. The number of hydrogen-bond donors (Lipinski definition) is 1. The van der Waals surface area contributed by atoms with Crippen molar-refractivity contribution < 1.29 is 0 Å². The third kappa shape index (κ3) is 2.89. The van der Waals surface area contributed by atoms with Gasteiger partial charge in [-0.1, -0.05) is 24.3 Å². The summed E-state index contributed by atoms with van der Waals surface area (Å²) in [6, 6.07) is 14.8. The smallest absolute Gasteiger partial charge is 0.186 e. The summed E-state index contributed by atoms with van der Waals surface area (Å²) in [5.41, 5.74) is 4.51. The summed E-state index contributed by atoms with van der Waals surface area (Å²) in [4.78, 5) is 0. The summed E-state index contributed by atoms with van der Waals surface area (Å²) in [5.74, 6) is 2.39. The van der Waals surface area contributed by atoms with E-state index in [9.17, 15) is 0 Å². The molecule has 3 aromatic heterocycles. The summed E-state index contributed by atoms with van der Waals surface area (Å²) in [7, 11) is 0. The van der Waals surface area contributed by atoms with Gasteiger partial charge >= 0.3 is 0 Å². The molecule has 25 heavy (non-hydrogen) atoms. The van der Waals surface area contributed by atoms with Crippen LogP contribution in [0.5, 0.6) is 0 Å². The highest BCUT2D eigenvalue weighted by Crippen LogP contribution is 2.39. The second-order valence-electron chi connectivity index (χ2n) is 6.39. The number of fused-ring (bicyclic) bond motifs is 1. The molecule has 6 heteroatoms. The Morgan fingerprint density at radius 2 is 1.92 bits per heavy atom. The zero-order valence-electron chi connectivity index (χ0n) is 13.6. The number of rotatable bonds is 5. The monoisotopic (exact) mass is 347 g/mol. The first-order chi connectivity index (χ1) is 12.4. The standard InChI is InChI=1S/C19H17N5S/c1-3-14(15-5-6-15)4-2-13(1)11-20-17-7-8-18-21-22-19(24(18)23-17)16-9-10-25-12-16/h1-4,7-10,12,15H,5-6,11H2,(H,20,23). The molecule has 1 fully saturated rings. The van der Waals surface area contributed by atoms with Gasteiger partial charge in [-0.05, 0) is 53.5 Å². The second-order valence-corrected chi connectivity index (χ2v) is 7.17. The molecular formula is C19H17N5S. The first kappa shape index (κ1) is 14.6. The van der Waals surface area contributed by atoms with Crippen molar-refractivity contribution in [3.05, 3.63) is 64.4 Å². The van der Waals surface area contributed by atoms with E-state index in [-0.39, 0.29) is 0 Å². The molecule has 1 aliphatic rings. The van der Waals surface area contributed by atoms with Crippen LogP contribution in [0.15, 0.2) is 53.2 Å². The van der Waals surface area contributed by atoms with Crippen molar-refractivity contribution >= 4 is 22.8 Å². The van der Waals surface area contributed by atoms with Crippen LogP contribution < -0.4 is 5.32 Å². The van der Waals surface area contributed by atoms with Gasteiger partial charge in [0.05, 0.1) is 0 Å². The number of benzene rings is 1. The number of nitrogens with one attached hydrogen (secondary N) is 1. The van der Waals surface area contributed by atoms with Crippen molar-refractivity contribution in [1.29, 1.82) is 0 Å². The van der Waals surface area contributed by atoms with Gasteiger partial charge < -0.3 is 5.32 Å². The lowest BCUT2D eigenvalue weighted by Gasteiger charge is -2.07. The fourth-order valence-electron chi connectivity index (χ4n) is 2.97. The van der Waals surface area contributed by atoms with Gasteiger partial charge in [0.1, 0.15) is 5.82 Å². The topological polar surface area (TPSA) is 55.1 Å². The van der Waals surface area contributed by atoms with Crippen molar-refractivity contribution in [2.24, 2.45) is 0 Å². The van der Waals surface area contributed by atoms with Crippen LogP contribution in [0, 0.1) is 0 Å². The molecule has 0 radical (unpaired) electrons. The molecule has 124 valence electrons. The van der Waals surface area contributed by atoms with Gasteiger partial charge in [-0.3, -0.25) is 0 Å². The number of aromatic nitrogens is 4. The van der Waals surface area contributed by atoms with Crippen molar-refractivity contribution in [3.63, 3.8) is 0 Å². The van der Waals surface area contributed by atoms with Crippen LogP contribution in [0.25, 0.3) is 17.0 Å². The summed E-state index contributed by atoms with van der Waals surface area (Å²) in [6.45, 7) is 0.749.